The van der Waals surface area contributed by atoms with Crippen molar-refractivity contribution in [2.75, 3.05) is 19.0 Å². The largest absolute Gasteiger partial charge is 0.486 e. The highest BCUT2D eigenvalue weighted by molar-refractivity contribution is 7.99. The minimum absolute atomic E-state index is 0.128. The number of nitrogens with zero attached hydrogens (tertiary/aromatic N) is 1. The first kappa shape index (κ1) is 17.4. The number of hydrazone groups is 1. The molecule has 0 aliphatic carbocycles. The molecule has 0 aromatic heterocycles. The quantitative estimate of drug-likeness (QED) is 0.638. The lowest BCUT2D eigenvalue weighted by Gasteiger charge is -2.19. The number of amides is 1. The number of carbonyl (C=O) groups is 1. The number of carbonyl (C=O) groups excluding carboxylic acids is 1. The van der Waals surface area contributed by atoms with Gasteiger partial charge in [-0.3, -0.25) is 4.79 Å². The molecule has 0 saturated carbocycles. The lowest BCUT2D eigenvalue weighted by Crippen LogP contribution is -2.20. The van der Waals surface area contributed by atoms with E-state index in [1.54, 1.807) is 18.0 Å². The number of hydrogen-bond donors (Lipinski definition) is 1. The minimum Gasteiger partial charge on any atom is -0.486 e. The lowest BCUT2D eigenvalue weighted by atomic mass is 10.1. The third kappa shape index (κ3) is 4.76. The maximum atomic E-state index is 11.9. The van der Waals surface area contributed by atoms with Gasteiger partial charge in [-0.05, 0) is 30.2 Å². The Morgan fingerprint density at radius 3 is 2.92 bits per heavy atom. The molecule has 0 bridgehead atoms. The normalized spacial score (nSPS) is 13.0. The number of benzene rings is 2. The van der Waals surface area contributed by atoms with Crippen molar-refractivity contribution >= 4 is 23.9 Å². The van der Waals surface area contributed by atoms with Gasteiger partial charge in [0.25, 0.3) is 0 Å². The zero-order valence-corrected chi connectivity index (χ0v) is 14.8. The molecule has 0 spiro atoms. The third-order valence-electron chi connectivity index (χ3n) is 3.74. The van der Waals surface area contributed by atoms with Crippen LogP contribution in [0.3, 0.4) is 0 Å². The van der Waals surface area contributed by atoms with E-state index in [1.165, 1.54) is 11.1 Å². The number of fused-ring (bicyclic) bond motifs is 1. The number of rotatable bonds is 6. The van der Waals surface area contributed by atoms with Gasteiger partial charge in [-0.2, -0.15) is 5.10 Å². The molecule has 0 fully saturated rings. The Labute approximate surface area is 151 Å². The Balaban J connectivity index is 1.48. The molecule has 0 atom stereocenters. The summed E-state index contributed by atoms with van der Waals surface area (Å²) in [6.07, 6.45) is 1.58. The molecule has 1 aliphatic rings. The van der Waals surface area contributed by atoms with Crippen LogP contribution < -0.4 is 14.9 Å². The van der Waals surface area contributed by atoms with E-state index in [-0.39, 0.29) is 5.91 Å². The zero-order chi connectivity index (χ0) is 17.5. The van der Waals surface area contributed by atoms with Gasteiger partial charge in [-0.25, -0.2) is 5.43 Å². The average Bonchev–Trinajstić information content (AvgIpc) is 2.63. The van der Waals surface area contributed by atoms with E-state index in [2.05, 4.69) is 29.6 Å². The second kappa shape index (κ2) is 8.58. The third-order valence-corrected chi connectivity index (χ3v) is 4.72. The van der Waals surface area contributed by atoms with E-state index in [4.69, 9.17) is 9.47 Å². The standard InChI is InChI=1S/C19H20N2O3S/c1-14-5-2-3-6-16(14)12-25-13-18(22)21-20-11-15-7-4-8-17-19(15)24-10-9-23-17/h2-8,11H,9-10,12-13H2,1H3,(H,21,22)/b20-11+. The molecule has 0 radical (unpaired) electrons. The van der Waals surface area contributed by atoms with Gasteiger partial charge < -0.3 is 9.47 Å². The first-order valence-corrected chi connectivity index (χ1v) is 9.22. The van der Waals surface area contributed by atoms with E-state index in [0.717, 1.165) is 11.3 Å². The second-order valence-electron chi connectivity index (χ2n) is 5.58. The Kier molecular flexibility index (Phi) is 5.95. The first-order valence-electron chi connectivity index (χ1n) is 8.07. The minimum atomic E-state index is -0.128. The van der Waals surface area contributed by atoms with Crippen LogP contribution >= 0.6 is 11.8 Å². The smallest absolute Gasteiger partial charge is 0.250 e. The predicted molar refractivity (Wildman–Crippen MR) is 101 cm³/mol. The van der Waals surface area contributed by atoms with Gasteiger partial charge >= 0.3 is 0 Å². The molecule has 1 N–H and O–H groups in total. The molecule has 0 unspecified atom stereocenters. The first-order chi connectivity index (χ1) is 12.2. The van der Waals surface area contributed by atoms with Gasteiger partial charge in [-0.15, -0.1) is 11.8 Å². The number of aryl methyl sites for hydroxylation is 1. The van der Waals surface area contributed by atoms with Gasteiger partial charge in [0.1, 0.15) is 13.2 Å². The lowest BCUT2D eigenvalue weighted by molar-refractivity contribution is -0.118. The molecule has 1 heterocycles. The molecule has 5 nitrogen and oxygen atoms in total. The van der Waals surface area contributed by atoms with Crippen LogP contribution in [-0.4, -0.2) is 31.1 Å². The zero-order valence-electron chi connectivity index (χ0n) is 14.0. The Morgan fingerprint density at radius 2 is 2.04 bits per heavy atom. The summed E-state index contributed by atoms with van der Waals surface area (Å²) in [6, 6.07) is 13.8. The molecule has 3 rings (SSSR count). The molecular weight excluding hydrogens is 336 g/mol. The van der Waals surface area contributed by atoms with Crippen LogP contribution in [0.2, 0.25) is 0 Å². The Hall–Kier alpha value is -2.47. The van der Waals surface area contributed by atoms with Crippen molar-refractivity contribution in [2.24, 2.45) is 5.10 Å². The monoisotopic (exact) mass is 356 g/mol. The van der Waals surface area contributed by atoms with Crippen molar-refractivity contribution in [1.82, 2.24) is 5.43 Å². The molecule has 1 aliphatic heterocycles. The van der Waals surface area contributed by atoms with E-state index in [1.807, 2.05) is 30.3 Å². The van der Waals surface area contributed by atoms with Gasteiger partial charge in [0.05, 0.1) is 12.0 Å². The summed E-state index contributed by atoms with van der Waals surface area (Å²) in [7, 11) is 0. The van der Waals surface area contributed by atoms with E-state index in [9.17, 15) is 4.79 Å². The summed E-state index contributed by atoms with van der Waals surface area (Å²) in [5.74, 6) is 2.41. The number of hydrogen-bond acceptors (Lipinski definition) is 5. The second-order valence-corrected chi connectivity index (χ2v) is 6.57. The van der Waals surface area contributed by atoms with Crippen molar-refractivity contribution in [1.29, 1.82) is 0 Å². The van der Waals surface area contributed by atoms with Gasteiger partial charge in [0.15, 0.2) is 11.5 Å². The van der Waals surface area contributed by atoms with Gasteiger partial charge in [0.2, 0.25) is 5.91 Å². The highest BCUT2D eigenvalue weighted by atomic mass is 32.2. The van der Waals surface area contributed by atoms with Crippen LogP contribution in [0.25, 0.3) is 0 Å². The Bertz CT molecular complexity index is 777. The molecule has 130 valence electrons. The molecule has 0 saturated heterocycles. The average molecular weight is 356 g/mol. The van der Waals surface area contributed by atoms with E-state index < -0.39 is 0 Å². The van der Waals surface area contributed by atoms with Crippen molar-refractivity contribution < 1.29 is 14.3 Å². The van der Waals surface area contributed by atoms with Crippen LogP contribution in [0.1, 0.15) is 16.7 Å². The maximum Gasteiger partial charge on any atom is 0.250 e. The highest BCUT2D eigenvalue weighted by Gasteiger charge is 2.14. The van der Waals surface area contributed by atoms with Crippen molar-refractivity contribution in [2.45, 2.75) is 12.7 Å². The molecule has 25 heavy (non-hydrogen) atoms. The predicted octanol–water partition coefficient (Wildman–Crippen LogP) is 3.15. The molecule has 2 aromatic carbocycles. The topological polar surface area (TPSA) is 59.9 Å². The van der Waals surface area contributed by atoms with Crippen molar-refractivity contribution in [3.63, 3.8) is 0 Å². The van der Waals surface area contributed by atoms with Gasteiger partial charge in [-0.1, -0.05) is 30.3 Å². The SMILES string of the molecule is Cc1ccccc1CSCC(=O)N/N=C/c1cccc2c1OCCO2. The van der Waals surface area contributed by atoms with Crippen molar-refractivity contribution in [3.8, 4) is 11.5 Å². The molecular formula is C19H20N2O3S. The summed E-state index contributed by atoms with van der Waals surface area (Å²) >= 11 is 1.57. The number of para-hydroxylation sites is 1. The summed E-state index contributed by atoms with van der Waals surface area (Å²) in [5.41, 5.74) is 5.82. The fourth-order valence-corrected chi connectivity index (χ4v) is 3.33. The van der Waals surface area contributed by atoms with Crippen LogP contribution in [-0.2, 0) is 10.5 Å². The number of ether oxygens (including phenoxy) is 2. The summed E-state index contributed by atoms with van der Waals surface area (Å²) < 4.78 is 11.1. The van der Waals surface area contributed by atoms with Crippen LogP contribution in [0.15, 0.2) is 47.6 Å². The number of thioether (sulfide) groups is 1. The van der Waals surface area contributed by atoms with Crippen molar-refractivity contribution in [3.05, 3.63) is 59.2 Å². The maximum absolute atomic E-state index is 11.9. The fourth-order valence-electron chi connectivity index (χ4n) is 2.43. The summed E-state index contributed by atoms with van der Waals surface area (Å²) in [4.78, 5) is 11.9. The molecule has 1 amide bonds. The van der Waals surface area contributed by atoms with E-state index in [0.29, 0.717) is 30.5 Å². The Morgan fingerprint density at radius 1 is 1.20 bits per heavy atom. The summed E-state index contributed by atoms with van der Waals surface area (Å²) in [5, 5.41) is 4.02. The van der Waals surface area contributed by atoms with E-state index >= 15 is 0 Å². The summed E-state index contributed by atoms with van der Waals surface area (Å²) in [6.45, 7) is 3.13. The van der Waals surface area contributed by atoms with Crippen LogP contribution in [0.5, 0.6) is 11.5 Å². The van der Waals surface area contributed by atoms with Crippen LogP contribution in [0.4, 0.5) is 0 Å². The van der Waals surface area contributed by atoms with Crippen LogP contribution in [0, 0.1) is 6.92 Å². The fraction of sp³-hybridized carbons (Fsp3) is 0.263. The highest BCUT2D eigenvalue weighted by Crippen LogP contribution is 2.32. The molecule has 6 heteroatoms. The van der Waals surface area contributed by atoms with Gasteiger partial charge in [0, 0.05) is 11.3 Å². The molecule has 2 aromatic rings. The number of nitrogens with one attached hydrogen (secondary N) is 1.